The van der Waals surface area contributed by atoms with E-state index in [-0.39, 0.29) is 11.7 Å². The topological polar surface area (TPSA) is 55.1 Å². The van der Waals surface area contributed by atoms with Crippen LogP contribution in [-0.2, 0) is 4.79 Å². The van der Waals surface area contributed by atoms with E-state index >= 15 is 0 Å². The summed E-state index contributed by atoms with van der Waals surface area (Å²) in [6, 6.07) is 5.93. The summed E-state index contributed by atoms with van der Waals surface area (Å²) in [4.78, 5) is 11.6. The summed E-state index contributed by atoms with van der Waals surface area (Å²) in [6.07, 6.45) is 2.12. The van der Waals surface area contributed by atoms with Gasteiger partial charge in [0, 0.05) is 5.69 Å². The van der Waals surface area contributed by atoms with Gasteiger partial charge >= 0.3 is 0 Å². The van der Waals surface area contributed by atoms with E-state index in [0.29, 0.717) is 18.5 Å². The fourth-order valence-corrected chi connectivity index (χ4v) is 1.92. The van der Waals surface area contributed by atoms with Crippen molar-refractivity contribution >= 4 is 11.6 Å². The lowest BCUT2D eigenvalue weighted by Crippen LogP contribution is -2.50. The highest BCUT2D eigenvalue weighted by Crippen LogP contribution is 2.23. The first-order valence-corrected chi connectivity index (χ1v) is 5.87. The molecule has 1 atom stereocenters. The lowest BCUT2D eigenvalue weighted by molar-refractivity contribution is -0.122. The van der Waals surface area contributed by atoms with Crippen LogP contribution in [-0.4, -0.2) is 11.4 Å². The summed E-state index contributed by atoms with van der Waals surface area (Å²) in [5.74, 6) is -0.668. The number of hydrogen-bond donors (Lipinski definition) is 2. The molecule has 0 aromatic heterocycles. The normalized spacial score (nSPS) is 14.1. The number of primary amides is 1. The third-order valence-electron chi connectivity index (χ3n) is 2.98. The van der Waals surface area contributed by atoms with Gasteiger partial charge in [-0.3, -0.25) is 4.79 Å². The van der Waals surface area contributed by atoms with E-state index in [1.165, 1.54) is 12.1 Å². The summed E-state index contributed by atoms with van der Waals surface area (Å²) in [5.41, 5.74) is 5.44. The smallest absolute Gasteiger partial charge is 0.243 e. The minimum atomic E-state index is -0.743. The SMILES string of the molecule is CCCC(CC)(Nc1ccc(F)cc1)C(N)=O. The van der Waals surface area contributed by atoms with Gasteiger partial charge in [-0.05, 0) is 37.1 Å². The zero-order valence-corrected chi connectivity index (χ0v) is 10.3. The molecular weight excluding hydrogens is 219 g/mol. The molecule has 0 spiro atoms. The summed E-state index contributed by atoms with van der Waals surface area (Å²) in [6.45, 7) is 3.91. The number of hydrogen-bond acceptors (Lipinski definition) is 2. The van der Waals surface area contributed by atoms with Crippen LogP contribution in [0.5, 0.6) is 0 Å². The van der Waals surface area contributed by atoms with Crippen LogP contribution in [0.15, 0.2) is 24.3 Å². The van der Waals surface area contributed by atoms with Crippen LogP contribution in [0.2, 0.25) is 0 Å². The number of nitrogens with two attached hydrogens (primary N) is 1. The van der Waals surface area contributed by atoms with Gasteiger partial charge < -0.3 is 11.1 Å². The molecule has 0 heterocycles. The summed E-state index contributed by atoms with van der Waals surface area (Å²) >= 11 is 0. The maximum Gasteiger partial charge on any atom is 0.243 e. The van der Waals surface area contributed by atoms with Crippen LogP contribution < -0.4 is 11.1 Å². The molecule has 0 saturated heterocycles. The Balaban J connectivity index is 2.92. The Hall–Kier alpha value is -1.58. The van der Waals surface area contributed by atoms with Crippen molar-refractivity contribution in [2.24, 2.45) is 5.73 Å². The van der Waals surface area contributed by atoms with E-state index < -0.39 is 5.54 Å². The predicted octanol–water partition coefficient (Wildman–Crippen LogP) is 2.67. The molecule has 1 rings (SSSR count). The molecule has 0 bridgehead atoms. The third-order valence-corrected chi connectivity index (χ3v) is 2.98. The second kappa shape index (κ2) is 5.66. The van der Waals surface area contributed by atoms with Crippen LogP contribution >= 0.6 is 0 Å². The molecule has 1 aromatic rings. The van der Waals surface area contributed by atoms with E-state index in [1.807, 2.05) is 13.8 Å². The van der Waals surface area contributed by atoms with Crippen LogP contribution in [0.4, 0.5) is 10.1 Å². The zero-order valence-electron chi connectivity index (χ0n) is 10.3. The summed E-state index contributed by atoms with van der Waals surface area (Å²) < 4.78 is 12.8. The van der Waals surface area contributed by atoms with Gasteiger partial charge in [-0.25, -0.2) is 4.39 Å². The Kier molecular flexibility index (Phi) is 4.49. The molecular formula is C13H19FN2O. The van der Waals surface area contributed by atoms with Gasteiger partial charge in [0.1, 0.15) is 11.4 Å². The van der Waals surface area contributed by atoms with Gasteiger partial charge in [0.05, 0.1) is 0 Å². The van der Waals surface area contributed by atoms with Gasteiger partial charge in [-0.2, -0.15) is 0 Å². The number of benzene rings is 1. The molecule has 1 amide bonds. The van der Waals surface area contributed by atoms with Crippen molar-refractivity contribution in [2.45, 2.75) is 38.6 Å². The summed E-state index contributed by atoms with van der Waals surface area (Å²) in [7, 11) is 0. The van der Waals surface area contributed by atoms with Gasteiger partial charge in [0.25, 0.3) is 0 Å². The summed E-state index contributed by atoms with van der Waals surface area (Å²) in [5, 5.41) is 3.13. The number of halogens is 1. The number of amides is 1. The van der Waals surface area contributed by atoms with Crippen molar-refractivity contribution in [3.63, 3.8) is 0 Å². The lowest BCUT2D eigenvalue weighted by Gasteiger charge is -2.31. The van der Waals surface area contributed by atoms with Crippen LogP contribution in [0, 0.1) is 5.82 Å². The molecule has 0 radical (unpaired) electrons. The third kappa shape index (κ3) is 3.19. The van der Waals surface area contributed by atoms with Crippen molar-refractivity contribution < 1.29 is 9.18 Å². The maximum absolute atomic E-state index is 12.8. The zero-order chi connectivity index (χ0) is 12.9. The number of rotatable bonds is 6. The highest BCUT2D eigenvalue weighted by molar-refractivity contribution is 5.87. The van der Waals surface area contributed by atoms with Crippen molar-refractivity contribution in [1.82, 2.24) is 0 Å². The highest BCUT2D eigenvalue weighted by Gasteiger charge is 2.33. The molecule has 4 heteroatoms. The quantitative estimate of drug-likeness (QED) is 0.800. The molecule has 94 valence electrons. The molecule has 0 saturated carbocycles. The Morgan fingerprint density at radius 2 is 1.94 bits per heavy atom. The second-order valence-electron chi connectivity index (χ2n) is 4.18. The van der Waals surface area contributed by atoms with E-state index in [2.05, 4.69) is 5.32 Å². The first-order valence-electron chi connectivity index (χ1n) is 5.87. The Bertz CT molecular complexity index is 378. The van der Waals surface area contributed by atoms with Crippen LogP contribution in [0.1, 0.15) is 33.1 Å². The average Bonchev–Trinajstić information content (AvgIpc) is 2.31. The molecule has 1 unspecified atom stereocenters. The second-order valence-corrected chi connectivity index (χ2v) is 4.18. The molecule has 3 N–H and O–H groups in total. The first-order chi connectivity index (χ1) is 8.04. The fourth-order valence-electron chi connectivity index (χ4n) is 1.92. The van der Waals surface area contributed by atoms with E-state index in [1.54, 1.807) is 12.1 Å². The largest absolute Gasteiger partial charge is 0.371 e. The Morgan fingerprint density at radius 1 is 1.35 bits per heavy atom. The molecule has 0 aliphatic carbocycles. The molecule has 3 nitrogen and oxygen atoms in total. The van der Waals surface area contributed by atoms with E-state index in [9.17, 15) is 9.18 Å². The maximum atomic E-state index is 12.8. The Labute approximate surface area is 101 Å². The minimum Gasteiger partial charge on any atom is -0.371 e. The monoisotopic (exact) mass is 238 g/mol. The first kappa shape index (κ1) is 13.5. The number of carbonyl (C=O) groups excluding carboxylic acids is 1. The van der Waals surface area contributed by atoms with Gasteiger partial charge in [0.2, 0.25) is 5.91 Å². The van der Waals surface area contributed by atoms with E-state index in [4.69, 9.17) is 5.73 Å². The number of nitrogens with one attached hydrogen (secondary N) is 1. The van der Waals surface area contributed by atoms with Gasteiger partial charge in [-0.15, -0.1) is 0 Å². The van der Waals surface area contributed by atoms with Gasteiger partial charge in [-0.1, -0.05) is 20.3 Å². The fraction of sp³-hybridized carbons (Fsp3) is 0.462. The van der Waals surface area contributed by atoms with Crippen molar-refractivity contribution in [2.75, 3.05) is 5.32 Å². The molecule has 0 aliphatic rings. The lowest BCUT2D eigenvalue weighted by atomic mass is 9.89. The van der Waals surface area contributed by atoms with Crippen molar-refractivity contribution in [1.29, 1.82) is 0 Å². The molecule has 0 aliphatic heterocycles. The minimum absolute atomic E-state index is 0.299. The number of anilines is 1. The standard InChI is InChI=1S/C13H19FN2O/c1-3-9-13(4-2,12(15)17)16-11-7-5-10(14)6-8-11/h5-8,16H,3-4,9H2,1-2H3,(H2,15,17). The predicted molar refractivity (Wildman–Crippen MR) is 67.1 cm³/mol. The van der Waals surface area contributed by atoms with Crippen LogP contribution in [0.25, 0.3) is 0 Å². The van der Waals surface area contributed by atoms with Crippen LogP contribution in [0.3, 0.4) is 0 Å². The van der Waals surface area contributed by atoms with E-state index in [0.717, 1.165) is 6.42 Å². The number of carbonyl (C=O) groups is 1. The van der Waals surface area contributed by atoms with Gasteiger partial charge in [0.15, 0.2) is 0 Å². The Morgan fingerprint density at radius 3 is 2.35 bits per heavy atom. The molecule has 17 heavy (non-hydrogen) atoms. The van der Waals surface area contributed by atoms with Crippen molar-refractivity contribution in [3.8, 4) is 0 Å². The molecule has 0 fully saturated rings. The average molecular weight is 238 g/mol. The highest BCUT2D eigenvalue weighted by atomic mass is 19.1. The van der Waals surface area contributed by atoms with Crippen molar-refractivity contribution in [3.05, 3.63) is 30.1 Å². The molecule has 1 aromatic carbocycles.